The molecule has 222 valence electrons. The summed E-state index contributed by atoms with van der Waals surface area (Å²) in [6.45, 7) is 9.01. The first kappa shape index (κ1) is 31.8. The fraction of sp³-hybridized carbons (Fsp3) is 0.424. The minimum Gasteiger partial charge on any atom is -0.485 e. The van der Waals surface area contributed by atoms with Crippen molar-refractivity contribution in [2.75, 3.05) is 13.2 Å². The number of esters is 1. The van der Waals surface area contributed by atoms with Crippen molar-refractivity contribution in [3.05, 3.63) is 83.4 Å². The van der Waals surface area contributed by atoms with Crippen LogP contribution in [0.4, 0.5) is 13.2 Å². The van der Waals surface area contributed by atoms with Gasteiger partial charge in [0.15, 0.2) is 18.1 Å². The minimum atomic E-state index is -4.00. The molecule has 0 spiro atoms. The molecular formula is C33H39F3O5. The molecule has 3 aromatic carbocycles. The molecule has 0 radical (unpaired) electrons. The van der Waals surface area contributed by atoms with E-state index < -0.39 is 12.1 Å². The summed E-state index contributed by atoms with van der Waals surface area (Å²) < 4.78 is 54.0. The first-order valence-electron chi connectivity index (χ1n) is 13.8. The fourth-order valence-electron chi connectivity index (χ4n) is 4.07. The van der Waals surface area contributed by atoms with Crippen LogP contribution >= 0.6 is 0 Å². The fourth-order valence-corrected chi connectivity index (χ4v) is 4.07. The molecule has 0 unspecified atom stereocenters. The van der Waals surface area contributed by atoms with Gasteiger partial charge in [0.25, 0.3) is 0 Å². The van der Waals surface area contributed by atoms with Gasteiger partial charge in [0.2, 0.25) is 0 Å². The second-order valence-electron chi connectivity index (χ2n) is 11.0. The number of hydrogen-bond donors (Lipinski definition) is 0. The van der Waals surface area contributed by atoms with E-state index >= 15 is 0 Å². The van der Waals surface area contributed by atoms with Crippen LogP contribution in [-0.2, 0) is 21.6 Å². The van der Waals surface area contributed by atoms with Gasteiger partial charge in [-0.2, -0.15) is 13.2 Å². The van der Waals surface area contributed by atoms with E-state index in [-0.39, 0.29) is 18.9 Å². The molecule has 1 fully saturated rings. The smallest absolute Gasteiger partial charge is 0.386 e. The molecule has 0 aromatic heterocycles. The van der Waals surface area contributed by atoms with Crippen LogP contribution in [0.25, 0.3) is 0 Å². The number of carbonyl (C=O) groups excluding carboxylic acids is 1. The Labute approximate surface area is 240 Å². The Morgan fingerprint density at radius 1 is 0.829 bits per heavy atom. The van der Waals surface area contributed by atoms with Gasteiger partial charge < -0.3 is 18.9 Å². The summed E-state index contributed by atoms with van der Waals surface area (Å²) in [6.07, 6.45) is -0.152. The molecule has 1 aliphatic carbocycles. The highest BCUT2D eigenvalue weighted by atomic mass is 19.4. The number of hydrogen-bond acceptors (Lipinski definition) is 5. The van der Waals surface area contributed by atoms with Crippen LogP contribution in [0.1, 0.15) is 76.5 Å². The summed E-state index contributed by atoms with van der Waals surface area (Å²) in [5, 5.41) is 0. The average Bonchev–Trinajstić information content (AvgIpc) is 2.86. The minimum absolute atomic E-state index is 0.0981. The molecule has 0 N–H and O–H groups in total. The lowest BCUT2D eigenvalue weighted by molar-refractivity contribution is -0.145. The Hall–Kier alpha value is -3.68. The highest BCUT2D eigenvalue weighted by Gasteiger charge is 2.19. The Morgan fingerprint density at radius 3 is 1.98 bits per heavy atom. The van der Waals surface area contributed by atoms with Crippen molar-refractivity contribution in [1.82, 2.24) is 0 Å². The molecule has 0 atom stereocenters. The van der Waals surface area contributed by atoms with Gasteiger partial charge in [0.1, 0.15) is 18.1 Å². The monoisotopic (exact) mass is 572 g/mol. The number of alkyl halides is 3. The zero-order valence-electron chi connectivity index (χ0n) is 24.3. The largest absolute Gasteiger partial charge is 0.485 e. The number of benzene rings is 3. The van der Waals surface area contributed by atoms with Crippen LogP contribution in [0.5, 0.6) is 23.0 Å². The average molecular weight is 573 g/mol. The van der Waals surface area contributed by atoms with Gasteiger partial charge >= 0.3 is 12.1 Å². The Bertz CT molecular complexity index is 1240. The zero-order chi connectivity index (χ0) is 30.0. The Balaban J connectivity index is 0.000000850. The van der Waals surface area contributed by atoms with Crippen molar-refractivity contribution in [3.63, 3.8) is 0 Å². The van der Waals surface area contributed by atoms with Gasteiger partial charge in [-0.25, -0.2) is 4.79 Å². The molecule has 0 amide bonds. The van der Waals surface area contributed by atoms with Crippen LogP contribution in [-0.4, -0.2) is 25.4 Å². The lowest BCUT2D eigenvalue weighted by atomic mass is 9.80. The van der Waals surface area contributed by atoms with Gasteiger partial charge in [-0.1, -0.05) is 63.6 Å². The summed E-state index contributed by atoms with van der Waals surface area (Å²) in [5.41, 5.74) is 3.78. The first-order valence-corrected chi connectivity index (χ1v) is 13.8. The van der Waals surface area contributed by atoms with E-state index in [0.29, 0.717) is 36.4 Å². The van der Waals surface area contributed by atoms with Crippen LogP contribution in [0.2, 0.25) is 0 Å². The first-order chi connectivity index (χ1) is 19.3. The molecular weight excluding hydrogens is 533 g/mol. The SMILES string of the molecule is CC(F)(F)F.CCOC(=O)COc1cc(Oc2ccc(C3CCC3)cc2)ccc1OCc1ccc(C(C)(C)C)cc1. The molecule has 1 aliphatic rings. The molecule has 1 saturated carbocycles. The molecule has 3 aromatic rings. The van der Waals surface area contributed by atoms with Crippen LogP contribution in [0, 0.1) is 0 Å². The van der Waals surface area contributed by atoms with E-state index in [1.54, 1.807) is 13.0 Å². The standard InChI is InChI=1S/C31H36O5.C2H3F3/c1-5-33-30(32)21-35-29-19-27(36-26-15-11-24(12-16-26)23-7-6-8-23)17-18-28(29)34-20-22-9-13-25(14-10-22)31(2,3)4;1-2(3,4)5/h9-19,23H,5-8,20-21H2,1-4H3;1H3. The van der Waals surface area contributed by atoms with E-state index in [4.69, 9.17) is 18.9 Å². The number of halogens is 3. The summed E-state index contributed by atoms with van der Waals surface area (Å²) in [4.78, 5) is 11.9. The van der Waals surface area contributed by atoms with Crippen LogP contribution < -0.4 is 14.2 Å². The third-order valence-electron chi connectivity index (χ3n) is 6.47. The second kappa shape index (κ2) is 14.3. The highest BCUT2D eigenvalue weighted by Crippen LogP contribution is 2.38. The number of carbonyl (C=O) groups is 1. The van der Waals surface area contributed by atoms with Crippen LogP contribution in [0.3, 0.4) is 0 Å². The molecule has 5 nitrogen and oxygen atoms in total. The lowest BCUT2D eigenvalue weighted by Gasteiger charge is -2.25. The predicted octanol–water partition coefficient (Wildman–Crippen LogP) is 9.13. The zero-order valence-corrected chi connectivity index (χ0v) is 24.3. The molecule has 0 aliphatic heterocycles. The molecule has 0 bridgehead atoms. The van der Waals surface area contributed by atoms with E-state index in [9.17, 15) is 18.0 Å². The van der Waals surface area contributed by atoms with E-state index in [2.05, 4.69) is 57.2 Å². The molecule has 0 saturated heterocycles. The maximum Gasteiger partial charge on any atom is 0.386 e. The van der Waals surface area contributed by atoms with Gasteiger partial charge in [-0.15, -0.1) is 0 Å². The highest BCUT2D eigenvalue weighted by molar-refractivity contribution is 5.71. The quantitative estimate of drug-likeness (QED) is 0.227. The van der Waals surface area contributed by atoms with Crippen molar-refractivity contribution in [1.29, 1.82) is 0 Å². The predicted molar refractivity (Wildman–Crippen MR) is 153 cm³/mol. The summed E-state index contributed by atoms with van der Waals surface area (Å²) in [6, 6.07) is 22.1. The third-order valence-corrected chi connectivity index (χ3v) is 6.47. The van der Waals surface area contributed by atoms with Crippen molar-refractivity contribution in [2.24, 2.45) is 0 Å². The van der Waals surface area contributed by atoms with Gasteiger partial charge in [-0.05, 0) is 72.1 Å². The number of ether oxygens (including phenoxy) is 4. The lowest BCUT2D eigenvalue weighted by Crippen LogP contribution is -2.15. The Morgan fingerprint density at radius 2 is 1.44 bits per heavy atom. The second-order valence-corrected chi connectivity index (χ2v) is 11.0. The topological polar surface area (TPSA) is 54.0 Å². The maximum absolute atomic E-state index is 11.9. The summed E-state index contributed by atoms with van der Waals surface area (Å²) in [5.74, 6) is 2.57. The van der Waals surface area contributed by atoms with Gasteiger partial charge in [0, 0.05) is 13.0 Å². The normalized spacial score (nSPS) is 13.4. The van der Waals surface area contributed by atoms with Crippen molar-refractivity contribution >= 4 is 5.97 Å². The van der Waals surface area contributed by atoms with E-state index in [0.717, 1.165) is 11.3 Å². The van der Waals surface area contributed by atoms with Gasteiger partial charge in [0.05, 0.1) is 6.61 Å². The molecule has 4 rings (SSSR count). The van der Waals surface area contributed by atoms with Crippen molar-refractivity contribution in [2.45, 2.75) is 78.0 Å². The summed E-state index contributed by atoms with van der Waals surface area (Å²) >= 11 is 0. The summed E-state index contributed by atoms with van der Waals surface area (Å²) in [7, 11) is 0. The van der Waals surface area contributed by atoms with Crippen molar-refractivity contribution in [3.8, 4) is 23.0 Å². The maximum atomic E-state index is 11.9. The Kier molecular flexibility index (Phi) is 11.1. The van der Waals surface area contributed by atoms with Crippen molar-refractivity contribution < 1.29 is 36.9 Å². The molecule has 8 heteroatoms. The van der Waals surface area contributed by atoms with E-state index in [1.165, 1.54) is 30.4 Å². The molecule has 0 heterocycles. The van der Waals surface area contributed by atoms with E-state index in [1.807, 2.05) is 24.3 Å². The molecule has 41 heavy (non-hydrogen) atoms. The van der Waals surface area contributed by atoms with Gasteiger partial charge in [-0.3, -0.25) is 0 Å². The third kappa shape index (κ3) is 11.0. The number of rotatable bonds is 10. The van der Waals surface area contributed by atoms with Crippen LogP contribution in [0.15, 0.2) is 66.7 Å².